The highest BCUT2D eigenvalue weighted by Crippen LogP contribution is 2.25. The molecule has 4 rings (SSSR count). The Balaban J connectivity index is 1.44. The Morgan fingerprint density at radius 3 is 2.76 bits per heavy atom. The van der Waals surface area contributed by atoms with Crippen LogP contribution in [0.3, 0.4) is 0 Å². The zero-order valence-electron chi connectivity index (χ0n) is 16.3. The number of nitrogens with zero attached hydrogens (tertiary/aromatic N) is 4. The van der Waals surface area contributed by atoms with E-state index in [0.717, 1.165) is 37.6 Å². The molecule has 0 bridgehead atoms. The Morgan fingerprint density at radius 1 is 1.14 bits per heavy atom. The maximum atomic E-state index is 11.0. The Kier molecular flexibility index (Phi) is 5.37. The molecule has 2 aromatic carbocycles. The van der Waals surface area contributed by atoms with Gasteiger partial charge in [0.2, 0.25) is 0 Å². The minimum atomic E-state index is -0.406. The van der Waals surface area contributed by atoms with Crippen molar-refractivity contribution in [2.24, 2.45) is 5.92 Å². The molecular formula is C22H23N5O2. The fraction of sp³-hybridized carbons (Fsp3) is 0.273. The van der Waals surface area contributed by atoms with E-state index in [2.05, 4.69) is 44.5 Å². The Labute approximate surface area is 169 Å². The number of nitro benzene ring substituents is 1. The average molecular weight is 389 g/mol. The van der Waals surface area contributed by atoms with Crippen molar-refractivity contribution < 1.29 is 4.92 Å². The van der Waals surface area contributed by atoms with Gasteiger partial charge in [-0.05, 0) is 31.4 Å². The van der Waals surface area contributed by atoms with Gasteiger partial charge >= 0.3 is 0 Å². The molecule has 2 heterocycles. The molecular weight excluding hydrogens is 366 g/mol. The summed E-state index contributed by atoms with van der Waals surface area (Å²) in [7, 11) is 0. The highest BCUT2D eigenvalue weighted by molar-refractivity contribution is 5.61. The predicted molar refractivity (Wildman–Crippen MR) is 114 cm³/mol. The molecule has 0 amide bonds. The zero-order valence-corrected chi connectivity index (χ0v) is 16.3. The molecule has 0 saturated carbocycles. The van der Waals surface area contributed by atoms with Gasteiger partial charge in [0.25, 0.3) is 5.69 Å². The summed E-state index contributed by atoms with van der Waals surface area (Å²) in [6, 6.07) is 18.8. The molecule has 1 aliphatic heterocycles. The molecule has 29 heavy (non-hydrogen) atoms. The molecule has 1 N–H and O–H groups in total. The Hall–Kier alpha value is -3.48. The summed E-state index contributed by atoms with van der Waals surface area (Å²) in [6.07, 6.45) is 1.13. The van der Waals surface area contributed by atoms with Gasteiger partial charge in [-0.15, -0.1) is 0 Å². The van der Waals surface area contributed by atoms with E-state index >= 15 is 0 Å². The van der Waals surface area contributed by atoms with Crippen molar-refractivity contribution in [1.29, 1.82) is 0 Å². The Morgan fingerprint density at radius 2 is 1.97 bits per heavy atom. The molecule has 1 saturated heterocycles. The number of benzene rings is 2. The smallest absolute Gasteiger partial charge is 0.270 e. The maximum absolute atomic E-state index is 11.0. The predicted octanol–water partition coefficient (Wildman–Crippen LogP) is 4.30. The summed E-state index contributed by atoms with van der Waals surface area (Å²) in [4.78, 5) is 22.1. The molecule has 7 nitrogen and oxygen atoms in total. The molecule has 0 unspecified atom stereocenters. The first-order valence-corrected chi connectivity index (χ1v) is 9.73. The molecule has 1 aromatic heterocycles. The van der Waals surface area contributed by atoms with Crippen LogP contribution in [-0.2, 0) is 0 Å². The lowest BCUT2D eigenvalue weighted by Crippen LogP contribution is -2.22. The molecule has 0 aliphatic carbocycles. The third-order valence-corrected chi connectivity index (χ3v) is 5.15. The highest BCUT2D eigenvalue weighted by Gasteiger charge is 2.22. The van der Waals surface area contributed by atoms with E-state index in [1.807, 2.05) is 19.1 Å². The van der Waals surface area contributed by atoms with Crippen molar-refractivity contribution in [1.82, 2.24) is 9.97 Å². The van der Waals surface area contributed by atoms with E-state index in [1.54, 1.807) is 12.1 Å². The van der Waals surface area contributed by atoms with Crippen molar-refractivity contribution in [3.8, 4) is 11.4 Å². The van der Waals surface area contributed by atoms with E-state index < -0.39 is 4.92 Å². The summed E-state index contributed by atoms with van der Waals surface area (Å²) in [5, 5.41) is 14.5. The number of hydrogen-bond donors (Lipinski definition) is 1. The second-order valence-electron chi connectivity index (χ2n) is 7.34. The first kappa shape index (κ1) is 18.9. The van der Waals surface area contributed by atoms with Crippen molar-refractivity contribution in [2.75, 3.05) is 29.9 Å². The van der Waals surface area contributed by atoms with Gasteiger partial charge in [0.05, 0.1) is 4.92 Å². The first-order valence-electron chi connectivity index (χ1n) is 9.73. The van der Waals surface area contributed by atoms with Crippen LogP contribution < -0.4 is 10.2 Å². The number of rotatable bonds is 6. The summed E-state index contributed by atoms with van der Waals surface area (Å²) in [6.45, 7) is 4.80. The molecule has 1 aliphatic rings. The first-order chi connectivity index (χ1) is 14.1. The van der Waals surface area contributed by atoms with Gasteiger partial charge in [-0.2, -0.15) is 0 Å². The lowest BCUT2D eigenvalue weighted by molar-refractivity contribution is -0.384. The normalized spacial score (nSPS) is 16.0. The van der Waals surface area contributed by atoms with Gasteiger partial charge in [0.15, 0.2) is 5.82 Å². The van der Waals surface area contributed by atoms with Crippen molar-refractivity contribution in [2.45, 2.75) is 13.3 Å². The number of nitro groups is 1. The third-order valence-electron chi connectivity index (χ3n) is 5.15. The zero-order chi connectivity index (χ0) is 20.2. The van der Waals surface area contributed by atoms with E-state index in [4.69, 9.17) is 0 Å². The van der Waals surface area contributed by atoms with Crippen LogP contribution in [0.15, 0.2) is 60.7 Å². The number of non-ortho nitro benzene ring substituents is 1. The fourth-order valence-electron chi connectivity index (χ4n) is 3.67. The van der Waals surface area contributed by atoms with Crippen LogP contribution in [0, 0.1) is 23.0 Å². The monoisotopic (exact) mass is 389 g/mol. The lowest BCUT2D eigenvalue weighted by atomic mass is 10.1. The molecule has 1 fully saturated rings. The number of para-hydroxylation sites is 1. The number of aryl methyl sites for hydroxylation is 1. The molecule has 7 heteroatoms. The molecule has 3 aromatic rings. The van der Waals surface area contributed by atoms with E-state index in [9.17, 15) is 10.1 Å². The van der Waals surface area contributed by atoms with Crippen molar-refractivity contribution in [3.63, 3.8) is 0 Å². The number of aromatic nitrogens is 2. The number of anilines is 2. The van der Waals surface area contributed by atoms with Crippen LogP contribution in [0.4, 0.5) is 17.2 Å². The van der Waals surface area contributed by atoms with Gasteiger partial charge in [0, 0.05) is 54.8 Å². The van der Waals surface area contributed by atoms with Crippen molar-refractivity contribution in [3.05, 3.63) is 76.5 Å². The SMILES string of the molecule is Cc1cc(NC[C@@H]2CCN(c3ccccc3)C2)nc(-c2cccc([N+](=O)[O-])c2)n1. The quantitative estimate of drug-likeness (QED) is 0.500. The topological polar surface area (TPSA) is 84.2 Å². The lowest BCUT2D eigenvalue weighted by Gasteiger charge is -2.19. The second kappa shape index (κ2) is 8.26. The van der Waals surface area contributed by atoms with Crippen LogP contribution in [0.2, 0.25) is 0 Å². The average Bonchev–Trinajstić information content (AvgIpc) is 3.22. The minimum Gasteiger partial charge on any atom is -0.371 e. The number of hydrogen-bond acceptors (Lipinski definition) is 6. The Bertz CT molecular complexity index is 1010. The van der Waals surface area contributed by atoms with E-state index in [1.165, 1.54) is 17.8 Å². The van der Waals surface area contributed by atoms with E-state index in [0.29, 0.717) is 17.3 Å². The van der Waals surface area contributed by atoms with Crippen molar-refractivity contribution >= 4 is 17.2 Å². The van der Waals surface area contributed by atoms with Crippen LogP contribution in [-0.4, -0.2) is 34.5 Å². The summed E-state index contributed by atoms with van der Waals surface area (Å²) in [5.74, 6) is 1.78. The second-order valence-corrected chi connectivity index (χ2v) is 7.34. The maximum Gasteiger partial charge on any atom is 0.270 e. The van der Waals surface area contributed by atoms with Gasteiger partial charge in [-0.25, -0.2) is 9.97 Å². The molecule has 0 spiro atoms. The fourth-order valence-corrected chi connectivity index (χ4v) is 3.67. The van der Waals surface area contributed by atoms with Gasteiger partial charge in [-0.3, -0.25) is 10.1 Å². The molecule has 1 atom stereocenters. The largest absolute Gasteiger partial charge is 0.371 e. The standard InChI is InChI=1S/C22H23N5O2/c1-16-12-21(25-22(24-16)18-6-5-9-20(13-18)27(28)29)23-14-17-10-11-26(15-17)19-7-3-2-4-8-19/h2-9,12-13,17H,10-11,14-15H2,1H3,(H,23,24,25)/t17-/m0/s1. The molecule has 0 radical (unpaired) electrons. The van der Waals surface area contributed by atoms with Gasteiger partial charge in [0.1, 0.15) is 5.82 Å². The summed E-state index contributed by atoms with van der Waals surface area (Å²) < 4.78 is 0. The van der Waals surface area contributed by atoms with Crippen LogP contribution in [0.5, 0.6) is 0 Å². The van der Waals surface area contributed by atoms with Gasteiger partial charge in [-0.1, -0.05) is 30.3 Å². The van der Waals surface area contributed by atoms with Gasteiger partial charge < -0.3 is 10.2 Å². The summed E-state index contributed by atoms with van der Waals surface area (Å²) >= 11 is 0. The third kappa shape index (κ3) is 4.51. The van der Waals surface area contributed by atoms with Crippen LogP contribution in [0.25, 0.3) is 11.4 Å². The minimum absolute atomic E-state index is 0.0362. The molecule has 148 valence electrons. The van der Waals surface area contributed by atoms with E-state index in [-0.39, 0.29) is 5.69 Å². The summed E-state index contributed by atoms with van der Waals surface area (Å²) in [5.41, 5.74) is 2.76. The highest BCUT2D eigenvalue weighted by atomic mass is 16.6. The van der Waals surface area contributed by atoms with Crippen LogP contribution in [0.1, 0.15) is 12.1 Å². The number of nitrogens with one attached hydrogen (secondary N) is 1. The van der Waals surface area contributed by atoms with Crippen LogP contribution >= 0.6 is 0 Å².